The van der Waals surface area contributed by atoms with Crippen molar-refractivity contribution in [2.24, 2.45) is 11.8 Å². The molecule has 2 aliphatic rings. The fourth-order valence-electron chi connectivity index (χ4n) is 3.57. The molecule has 0 spiro atoms. The third kappa shape index (κ3) is 2.43. The van der Waals surface area contributed by atoms with Crippen molar-refractivity contribution in [3.8, 4) is 0 Å². The Morgan fingerprint density at radius 2 is 2.00 bits per heavy atom. The molecule has 0 aromatic heterocycles. The molecular formula is C16H21NO. The second-order valence-electron chi connectivity index (χ2n) is 6.01. The summed E-state index contributed by atoms with van der Waals surface area (Å²) < 4.78 is 0. The van der Waals surface area contributed by atoms with Gasteiger partial charge in [0.05, 0.1) is 6.42 Å². The van der Waals surface area contributed by atoms with Crippen molar-refractivity contribution in [1.29, 1.82) is 0 Å². The standard InChI is InChI=1S/C16H21NO/c1-11-2-4-12(5-3-11)10-16(18)17-15-9-13-6-7-14(15)8-13/h2-5,13-15H,6-10H2,1H3,(H,17,18)/t13-,14-,15+/m0/s1. The normalized spacial score (nSPS) is 29.5. The van der Waals surface area contributed by atoms with Gasteiger partial charge in [-0.25, -0.2) is 0 Å². The molecule has 0 aliphatic heterocycles. The largest absolute Gasteiger partial charge is 0.353 e. The summed E-state index contributed by atoms with van der Waals surface area (Å²) in [5.41, 5.74) is 2.36. The number of aryl methyl sites for hydroxylation is 1. The third-order valence-electron chi connectivity index (χ3n) is 4.57. The molecule has 18 heavy (non-hydrogen) atoms. The van der Waals surface area contributed by atoms with Gasteiger partial charge in [0.25, 0.3) is 0 Å². The topological polar surface area (TPSA) is 29.1 Å². The molecule has 0 unspecified atom stereocenters. The molecule has 0 radical (unpaired) electrons. The second kappa shape index (κ2) is 4.75. The van der Waals surface area contributed by atoms with Gasteiger partial charge < -0.3 is 5.32 Å². The van der Waals surface area contributed by atoms with E-state index in [1.54, 1.807) is 0 Å². The van der Waals surface area contributed by atoms with E-state index in [-0.39, 0.29) is 5.91 Å². The Balaban J connectivity index is 1.54. The minimum Gasteiger partial charge on any atom is -0.353 e. The lowest BCUT2D eigenvalue weighted by Crippen LogP contribution is -2.39. The highest BCUT2D eigenvalue weighted by Crippen LogP contribution is 2.44. The van der Waals surface area contributed by atoms with E-state index in [0.717, 1.165) is 17.4 Å². The molecule has 1 amide bonds. The number of amides is 1. The van der Waals surface area contributed by atoms with E-state index in [1.165, 1.54) is 31.2 Å². The molecule has 0 heterocycles. The van der Waals surface area contributed by atoms with Gasteiger partial charge in [0.15, 0.2) is 0 Å². The SMILES string of the molecule is Cc1ccc(CC(=O)N[C@@H]2C[C@H]3CC[C@H]2C3)cc1. The van der Waals surface area contributed by atoms with Crippen LogP contribution in [0.2, 0.25) is 0 Å². The van der Waals surface area contributed by atoms with E-state index in [2.05, 4.69) is 36.5 Å². The number of benzene rings is 1. The van der Waals surface area contributed by atoms with E-state index in [0.29, 0.717) is 12.5 Å². The van der Waals surface area contributed by atoms with Crippen molar-refractivity contribution in [2.45, 2.75) is 45.1 Å². The number of hydrogen-bond donors (Lipinski definition) is 1. The lowest BCUT2D eigenvalue weighted by atomic mass is 9.95. The fourth-order valence-corrected chi connectivity index (χ4v) is 3.57. The lowest BCUT2D eigenvalue weighted by molar-refractivity contribution is -0.121. The average Bonchev–Trinajstić information content (AvgIpc) is 2.94. The summed E-state index contributed by atoms with van der Waals surface area (Å²) in [6.07, 6.45) is 5.78. The van der Waals surface area contributed by atoms with Crippen LogP contribution in [0, 0.1) is 18.8 Å². The zero-order chi connectivity index (χ0) is 12.5. The molecule has 2 nitrogen and oxygen atoms in total. The van der Waals surface area contributed by atoms with Crippen LogP contribution in [0.4, 0.5) is 0 Å². The third-order valence-corrected chi connectivity index (χ3v) is 4.57. The summed E-state index contributed by atoms with van der Waals surface area (Å²) in [6.45, 7) is 2.07. The molecule has 3 rings (SSSR count). The van der Waals surface area contributed by atoms with Gasteiger partial charge in [0, 0.05) is 6.04 Å². The second-order valence-corrected chi connectivity index (χ2v) is 6.01. The van der Waals surface area contributed by atoms with Crippen molar-refractivity contribution < 1.29 is 4.79 Å². The summed E-state index contributed by atoms with van der Waals surface area (Å²) in [4.78, 5) is 12.0. The summed E-state index contributed by atoms with van der Waals surface area (Å²) in [5, 5.41) is 3.23. The van der Waals surface area contributed by atoms with Crippen molar-refractivity contribution in [2.75, 3.05) is 0 Å². The molecule has 2 bridgehead atoms. The van der Waals surface area contributed by atoms with Gasteiger partial charge in [-0.3, -0.25) is 4.79 Å². The molecule has 2 aliphatic carbocycles. The summed E-state index contributed by atoms with van der Waals surface area (Å²) in [7, 11) is 0. The molecule has 0 saturated heterocycles. The highest BCUT2D eigenvalue weighted by molar-refractivity contribution is 5.79. The van der Waals surface area contributed by atoms with Crippen LogP contribution < -0.4 is 5.32 Å². The Labute approximate surface area is 109 Å². The molecule has 1 N–H and O–H groups in total. The van der Waals surface area contributed by atoms with E-state index >= 15 is 0 Å². The summed E-state index contributed by atoms with van der Waals surface area (Å²) >= 11 is 0. The number of hydrogen-bond acceptors (Lipinski definition) is 1. The minimum absolute atomic E-state index is 0.191. The van der Waals surface area contributed by atoms with Gasteiger partial charge in [0.1, 0.15) is 0 Å². The highest BCUT2D eigenvalue weighted by atomic mass is 16.1. The van der Waals surface area contributed by atoms with Crippen LogP contribution >= 0.6 is 0 Å². The summed E-state index contributed by atoms with van der Waals surface area (Å²) in [6, 6.07) is 8.70. The Hall–Kier alpha value is -1.31. The number of carbonyl (C=O) groups excluding carboxylic acids is 1. The van der Waals surface area contributed by atoms with Crippen molar-refractivity contribution >= 4 is 5.91 Å². The molecular weight excluding hydrogens is 222 g/mol. The maximum atomic E-state index is 12.0. The van der Waals surface area contributed by atoms with Gasteiger partial charge in [-0.15, -0.1) is 0 Å². The molecule has 2 heteroatoms. The first-order chi connectivity index (χ1) is 8.70. The van der Waals surface area contributed by atoms with Gasteiger partial charge >= 0.3 is 0 Å². The van der Waals surface area contributed by atoms with Crippen LogP contribution in [-0.4, -0.2) is 11.9 Å². The molecule has 2 saturated carbocycles. The van der Waals surface area contributed by atoms with Crippen molar-refractivity contribution in [3.05, 3.63) is 35.4 Å². The van der Waals surface area contributed by atoms with Crippen LogP contribution in [0.25, 0.3) is 0 Å². The van der Waals surface area contributed by atoms with Gasteiger partial charge in [-0.1, -0.05) is 36.2 Å². The monoisotopic (exact) mass is 243 g/mol. The van der Waals surface area contributed by atoms with E-state index in [9.17, 15) is 4.79 Å². The van der Waals surface area contributed by atoms with Crippen LogP contribution in [0.5, 0.6) is 0 Å². The van der Waals surface area contributed by atoms with Gasteiger partial charge in [-0.2, -0.15) is 0 Å². The number of nitrogens with one attached hydrogen (secondary N) is 1. The van der Waals surface area contributed by atoms with Gasteiger partial charge in [-0.05, 0) is 43.6 Å². The summed E-state index contributed by atoms with van der Waals surface area (Å²) in [5.74, 6) is 1.84. The number of fused-ring (bicyclic) bond motifs is 2. The Morgan fingerprint density at radius 3 is 2.61 bits per heavy atom. The van der Waals surface area contributed by atoms with Crippen LogP contribution in [0.3, 0.4) is 0 Å². The first-order valence-electron chi connectivity index (χ1n) is 7.05. The predicted molar refractivity (Wildman–Crippen MR) is 72.3 cm³/mol. The lowest BCUT2D eigenvalue weighted by Gasteiger charge is -2.22. The van der Waals surface area contributed by atoms with Crippen molar-refractivity contribution in [1.82, 2.24) is 5.32 Å². The van der Waals surface area contributed by atoms with Crippen LogP contribution in [0.1, 0.15) is 36.8 Å². The number of carbonyl (C=O) groups is 1. The fraction of sp³-hybridized carbons (Fsp3) is 0.562. The Kier molecular flexibility index (Phi) is 3.11. The highest BCUT2D eigenvalue weighted by Gasteiger charge is 2.39. The zero-order valence-electron chi connectivity index (χ0n) is 11.0. The average molecular weight is 243 g/mol. The molecule has 96 valence electrons. The maximum absolute atomic E-state index is 12.0. The predicted octanol–water partition coefficient (Wildman–Crippen LogP) is 2.84. The zero-order valence-corrected chi connectivity index (χ0v) is 11.0. The Bertz CT molecular complexity index is 437. The van der Waals surface area contributed by atoms with Gasteiger partial charge in [0.2, 0.25) is 5.91 Å². The van der Waals surface area contributed by atoms with Crippen LogP contribution in [-0.2, 0) is 11.2 Å². The molecule has 1 aromatic carbocycles. The molecule has 1 aromatic rings. The van der Waals surface area contributed by atoms with E-state index in [1.807, 2.05) is 0 Å². The number of rotatable bonds is 3. The molecule has 2 fully saturated rings. The smallest absolute Gasteiger partial charge is 0.224 e. The quantitative estimate of drug-likeness (QED) is 0.869. The first-order valence-corrected chi connectivity index (χ1v) is 7.05. The molecule has 3 atom stereocenters. The van der Waals surface area contributed by atoms with E-state index < -0.39 is 0 Å². The van der Waals surface area contributed by atoms with Crippen LogP contribution in [0.15, 0.2) is 24.3 Å². The minimum atomic E-state index is 0.191. The maximum Gasteiger partial charge on any atom is 0.224 e. The Morgan fingerprint density at radius 1 is 1.22 bits per heavy atom. The first kappa shape index (κ1) is 11.8. The van der Waals surface area contributed by atoms with E-state index in [4.69, 9.17) is 0 Å². The van der Waals surface area contributed by atoms with Crippen molar-refractivity contribution in [3.63, 3.8) is 0 Å².